The van der Waals surface area contributed by atoms with Crippen molar-refractivity contribution in [3.63, 3.8) is 0 Å². The summed E-state index contributed by atoms with van der Waals surface area (Å²) in [5.41, 5.74) is 3.38. The Hall–Kier alpha value is -2.25. The zero-order valence-corrected chi connectivity index (χ0v) is 16.1. The van der Waals surface area contributed by atoms with Crippen LogP contribution in [0, 0.1) is 0 Å². The van der Waals surface area contributed by atoms with Gasteiger partial charge in [-0.3, -0.25) is 14.5 Å². The van der Waals surface area contributed by atoms with Gasteiger partial charge in [0.15, 0.2) is 0 Å². The monoisotopic (exact) mass is 384 g/mol. The molecule has 7 heteroatoms. The highest BCUT2D eigenvalue weighted by atomic mass is 32.1. The predicted molar refractivity (Wildman–Crippen MR) is 104 cm³/mol. The molecule has 0 bridgehead atoms. The molecule has 0 unspecified atom stereocenters. The van der Waals surface area contributed by atoms with Gasteiger partial charge < -0.3 is 9.80 Å². The first-order chi connectivity index (χ1) is 13.2. The van der Waals surface area contributed by atoms with E-state index >= 15 is 0 Å². The summed E-state index contributed by atoms with van der Waals surface area (Å²) < 4.78 is 0. The van der Waals surface area contributed by atoms with Crippen molar-refractivity contribution >= 4 is 23.2 Å². The summed E-state index contributed by atoms with van der Waals surface area (Å²) in [6.07, 6.45) is 1.94. The summed E-state index contributed by atoms with van der Waals surface area (Å²) in [7, 11) is 0. The zero-order valence-electron chi connectivity index (χ0n) is 15.3. The molecule has 1 atom stereocenters. The lowest BCUT2D eigenvalue weighted by molar-refractivity contribution is -0.141. The van der Waals surface area contributed by atoms with Crippen molar-refractivity contribution in [1.29, 1.82) is 0 Å². The van der Waals surface area contributed by atoms with E-state index in [-0.39, 0.29) is 17.9 Å². The smallest absolute Gasteiger partial charge is 0.273 e. The van der Waals surface area contributed by atoms with Crippen LogP contribution in [0.4, 0.5) is 0 Å². The first-order valence-corrected chi connectivity index (χ1v) is 10.4. The first kappa shape index (κ1) is 18.1. The van der Waals surface area contributed by atoms with E-state index in [0.717, 1.165) is 32.5 Å². The first-order valence-electron chi connectivity index (χ1n) is 9.46. The van der Waals surface area contributed by atoms with Crippen molar-refractivity contribution in [3.05, 3.63) is 52.5 Å². The summed E-state index contributed by atoms with van der Waals surface area (Å²) >= 11 is 1.44. The molecule has 2 fully saturated rings. The quantitative estimate of drug-likeness (QED) is 0.810. The van der Waals surface area contributed by atoms with Crippen LogP contribution in [-0.2, 0) is 11.3 Å². The lowest BCUT2D eigenvalue weighted by Crippen LogP contribution is -2.58. The number of thiazole rings is 1. The van der Waals surface area contributed by atoms with Crippen LogP contribution in [0.1, 0.15) is 28.9 Å². The van der Waals surface area contributed by atoms with Crippen molar-refractivity contribution in [3.8, 4) is 0 Å². The van der Waals surface area contributed by atoms with Crippen molar-refractivity contribution in [2.45, 2.75) is 25.4 Å². The maximum absolute atomic E-state index is 13.0. The standard InChI is InChI=1S/C20H24N4O2S/c25-19(17-14-27-15-21-17)23-11-9-22(10-12-23)18-7-4-8-24(20(18)26)13-16-5-2-1-3-6-16/h1-3,5-6,14-15,18H,4,7-13H2/t18-/m1/s1. The number of piperidine rings is 1. The Labute approximate surface area is 163 Å². The molecule has 2 saturated heterocycles. The van der Waals surface area contributed by atoms with Gasteiger partial charge in [-0.25, -0.2) is 4.98 Å². The third-order valence-corrected chi connectivity index (χ3v) is 6.00. The fourth-order valence-electron chi connectivity index (χ4n) is 3.94. The third-order valence-electron chi connectivity index (χ3n) is 5.41. The molecule has 2 aliphatic rings. The Balaban J connectivity index is 1.35. The number of likely N-dealkylation sites (tertiary alicyclic amines) is 1. The van der Waals surface area contributed by atoms with Gasteiger partial charge in [0.2, 0.25) is 5.91 Å². The van der Waals surface area contributed by atoms with Crippen molar-refractivity contribution in [2.24, 2.45) is 0 Å². The van der Waals surface area contributed by atoms with E-state index in [0.29, 0.717) is 25.3 Å². The number of piperazine rings is 1. The molecule has 3 heterocycles. The van der Waals surface area contributed by atoms with Crippen LogP contribution >= 0.6 is 11.3 Å². The summed E-state index contributed by atoms with van der Waals surface area (Å²) in [5, 5.41) is 1.79. The lowest BCUT2D eigenvalue weighted by Gasteiger charge is -2.42. The average Bonchev–Trinajstić information content (AvgIpc) is 3.25. The van der Waals surface area contributed by atoms with Crippen molar-refractivity contribution in [2.75, 3.05) is 32.7 Å². The second kappa shape index (κ2) is 8.19. The number of rotatable bonds is 4. The highest BCUT2D eigenvalue weighted by molar-refractivity contribution is 7.07. The molecule has 27 heavy (non-hydrogen) atoms. The minimum Gasteiger partial charge on any atom is -0.337 e. The topological polar surface area (TPSA) is 56.8 Å². The maximum atomic E-state index is 13.0. The van der Waals surface area contributed by atoms with Crippen LogP contribution < -0.4 is 0 Å². The molecule has 2 aliphatic heterocycles. The van der Waals surface area contributed by atoms with E-state index in [4.69, 9.17) is 0 Å². The molecule has 0 N–H and O–H groups in total. The normalized spacial score (nSPS) is 21.5. The largest absolute Gasteiger partial charge is 0.337 e. The predicted octanol–water partition coefficient (Wildman–Crippen LogP) is 2.09. The van der Waals surface area contributed by atoms with Crippen LogP contribution in [0.5, 0.6) is 0 Å². The number of benzene rings is 1. The fraction of sp³-hybridized carbons (Fsp3) is 0.450. The molecule has 2 amide bonds. The number of aromatic nitrogens is 1. The molecule has 1 aromatic heterocycles. The SMILES string of the molecule is O=C(c1cscn1)N1CCN([C@@H]2CCCN(Cc3ccccc3)C2=O)CC1. The van der Waals surface area contributed by atoms with Gasteiger partial charge in [0.1, 0.15) is 5.69 Å². The lowest BCUT2D eigenvalue weighted by atomic mass is 10.0. The van der Waals surface area contributed by atoms with Crippen molar-refractivity contribution in [1.82, 2.24) is 19.7 Å². The van der Waals surface area contributed by atoms with Gasteiger partial charge in [0.25, 0.3) is 5.91 Å². The van der Waals surface area contributed by atoms with Gasteiger partial charge in [0.05, 0.1) is 11.6 Å². The Morgan fingerprint density at radius 1 is 1.11 bits per heavy atom. The minimum absolute atomic E-state index is 0.00317. The van der Waals surface area contributed by atoms with E-state index in [1.807, 2.05) is 28.0 Å². The Morgan fingerprint density at radius 2 is 1.89 bits per heavy atom. The van der Waals surface area contributed by atoms with Gasteiger partial charge in [-0.1, -0.05) is 30.3 Å². The summed E-state index contributed by atoms with van der Waals surface area (Å²) in [5.74, 6) is 0.223. The molecule has 0 spiro atoms. The molecule has 1 aromatic carbocycles. The van der Waals surface area contributed by atoms with Gasteiger partial charge >= 0.3 is 0 Å². The number of nitrogens with zero attached hydrogens (tertiary/aromatic N) is 4. The van der Waals surface area contributed by atoms with E-state index < -0.39 is 0 Å². The van der Waals surface area contributed by atoms with Crippen LogP contribution in [-0.4, -0.2) is 70.3 Å². The molecule has 142 valence electrons. The van der Waals surface area contributed by atoms with Crippen LogP contribution in [0.2, 0.25) is 0 Å². The number of hydrogen-bond donors (Lipinski definition) is 0. The fourth-order valence-corrected chi connectivity index (χ4v) is 4.46. The Kier molecular flexibility index (Phi) is 5.50. The Morgan fingerprint density at radius 3 is 2.59 bits per heavy atom. The number of carbonyl (C=O) groups is 2. The zero-order chi connectivity index (χ0) is 18.6. The second-order valence-corrected chi connectivity index (χ2v) is 7.82. The average molecular weight is 385 g/mol. The van der Waals surface area contributed by atoms with Gasteiger partial charge in [-0.05, 0) is 18.4 Å². The molecular weight excluding hydrogens is 360 g/mol. The molecule has 0 radical (unpaired) electrons. The second-order valence-electron chi connectivity index (χ2n) is 7.11. The highest BCUT2D eigenvalue weighted by Gasteiger charge is 2.35. The molecule has 0 aliphatic carbocycles. The highest BCUT2D eigenvalue weighted by Crippen LogP contribution is 2.21. The number of hydrogen-bond acceptors (Lipinski definition) is 5. The van der Waals surface area contributed by atoms with E-state index in [2.05, 4.69) is 22.0 Å². The summed E-state index contributed by atoms with van der Waals surface area (Å²) in [6.45, 7) is 4.29. The maximum Gasteiger partial charge on any atom is 0.273 e. The van der Waals surface area contributed by atoms with E-state index in [1.54, 1.807) is 10.9 Å². The number of amides is 2. The molecule has 0 saturated carbocycles. The van der Waals surface area contributed by atoms with Crippen LogP contribution in [0.25, 0.3) is 0 Å². The van der Waals surface area contributed by atoms with E-state index in [1.165, 1.54) is 16.9 Å². The molecule has 6 nitrogen and oxygen atoms in total. The van der Waals surface area contributed by atoms with Crippen LogP contribution in [0.3, 0.4) is 0 Å². The van der Waals surface area contributed by atoms with Gasteiger partial charge in [-0.2, -0.15) is 0 Å². The molecular formula is C20H24N4O2S. The minimum atomic E-state index is -0.0565. The Bertz CT molecular complexity index is 773. The van der Waals surface area contributed by atoms with E-state index in [9.17, 15) is 9.59 Å². The van der Waals surface area contributed by atoms with Gasteiger partial charge in [-0.15, -0.1) is 11.3 Å². The van der Waals surface area contributed by atoms with Crippen molar-refractivity contribution < 1.29 is 9.59 Å². The van der Waals surface area contributed by atoms with Gasteiger partial charge in [0, 0.05) is 44.6 Å². The molecule has 2 aromatic rings. The number of carbonyl (C=O) groups excluding carboxylic acids is 2. The molecule has 4 rings (SSSR count). The van der Waals surface area contributed by atoms with Crippen LogP contribution in [0.15, 0.2) is 41.2 Å². The summed E-state index contributed by atoms with van der Waals surface area (Å²) in [4.78, 5) is 35.7. The summed E-state index contributed by atoms with van der Waals surface area (Å²) in [6, 6.07) is 10.1. The third kappa shape index (κ3) is 4.04.